The second-order valence-corrected chi connectivity index (χ2v) is 5.41. The summed E-state index contributed by atoms with van der Waals surface area (Å²) in [5.74, 6) is -3.60. The number of halogens is 1. The average molecular weight is 351 g/mol. The zero-order valence-electron chi connectivity index (χ0n) is 13.1. The number of nitrogens with zero attached hydrogens (tertiary/aromatic N) is 3. The fourth-order valence-electron chi connectivity index (χ4n) is 2.70. The van der Waals surface area contributed by atoms with Crippen LogP contribution in [0.5, 0.6) is 0 Å². The summed E-state index contributed by atoms with van der Waals surface area (Å²) in [6.07, 6.45) is 2.98. The Bertz CT molecular complexity index is 1010. The maximum atomic E-state index is 14.3. The van der Waals surface area contributed by atoms with E-state index in [-0.39, 0.29) is 16.8 Å². The molecule has 0 atom stereocenters. The molecular formula is C18H10FN3O4. The molecule has 1 aliphatic heterocycles. The lowest BCUT2D eigenvalue weighted by Gasteiger charge is -2.15. The topological polar surface area (TPSA) is 81.5 Å². The monoisotopic (exact) mass is 351 g/mol. The van der Waals surface area contributed by atoms with E-state index in [1.54, 1.807) is 18.2 Å². The molecule has 1 aliphatic rings. The molecule has 0 saturated heterocycles. The number of hydrogen-bond acceptors (Lipinski definition) is 5. The SMILES string of the molecule is O=C(ON1C(=O)c2ccccc2C1=O)c1c(F)cccc1-n1cccn1. The maximum absolute atomic E-state index is 14.3. The van der Waals surface area contributed by atoms with E-state index in [2.05, 4.69) is 5.10 Å². The average Bonchev–Trinajstić information content (AvgIpc) is 3.26. The minimum atomic E-state index is -1.18. The van der Waals surface area contributed by atoms with Crippen molar-refractivity contribution in [2.75, 3.05) is 0 Å². The minimum absolute atomic E-state index is 0.117. The molecule has 0 N–H and O–H groups in total. The van der Waals surface area contributed by atoms with Crippen molar-refractivity contribution >= 4 is 17.8 Å². The highest BCUT2D eigenvalue weighted by Crippen LogP contribution is 2.25. The lowest BCUT2D eigenvalue weighted by atomic mass is 10.1. The molecule has 0 aliphatic carbocycles. The van der Waals surface area contributed by atoms with Crippen LogP contribution in [0.15, 0.2) is 60.9 Å². The van der Waals surface area contributed by atoms with Crippen LogP contribution in [0, 0.1) is 5.82 Å². The molecule has 2 heterocycles. The van der Waals surface area contributed by atoms with Gasteiger partial charge in [-0.05, 0) is 30.3 Å². The maximum Gasteiger partial charge on any atom is 0.369 e. The van der Waals surface area contributed by atoms with Gasteiger partial charge in [-0.2, -0.15) is 5.10 Å². The molecule has 0 unspecified atom stereocenters. The number of hydroxylamine groups is 2. The predicted molar refractivity (Wildman–Crippen MR) is 85.9 cm³/mol. The van der Waals surface area contributed by atoms with E-state index in [0.717, 1.165) is 6.07 Å². The fourth-order valence-corrected chi connectivity index (χ4v) is 2.70. The molecule has 0 radical (unpaired) electrons. The van der Waals surface area contributed by atoms with E-state index >= 15 is 0 Å². The highest BCUT2D eigenvalue weighted by atomic mass is 19.1. The van der Waals surface area contributed by atoms with Crippen molar-refractivity contribution in [3.63, 3.8) is 0 Å². The van der Waals surface area contributed by atoms with E-state index in [1.165, 1.54) is 41.3 Å². The van der Waals surface area contributed by atoms with Crippen molar-refractivity contribution in [2.45, 2.75) is 0 Å². The highest BCUT2D eigenvalue weighted by Gasteiger charge is 2.39. The molecule has 2 amide bonds. The van der Waals surface area contributed by atoms with Crippen LogP contribution in [-0.4, -0.2) is 32.6 Å². The second kappa shape index (κ2) is 5.92. The number of carbonyl (C=O) groups is 3. The van der Waals surface area contributed by atoms with Gasteiger partial charge in [0.05, 0.1) is 16.8 Å². The van der Waals surface area contributed by atoms with Gasteiger partial charge in [-0.25, -0.2) is 13.9 Å². The van der Waals surface area contributed by atoms with Crippen LogP contribution in [0.25, 0.3) is 5.69 Å². The first-order valence-corrected chi connectivity index (χ1v) is 7.56. The molecule has 0 bridgehead atoms. The number of aromatic nitrogens is 2. The Morgan fingerprint density at radius 1 is 0.962 bits per heavy atom. The van der Waals surface area contributed by atoms with E-state index in [0.29, 0.717) is 5.06 Å². The first kappa shape index (κ1) is 15.7. The molecule has 0 saturated carbocycles. The van der Waals surface area contributed by atoms with Gasteiger partial charge in [0.2, 0.25) is 0 Å². The summed E-state index contributed by atoms with van der Waals surface area (Å²) < 4.78 is 15.6. The van der Waals surface area contributed by atoms with Crippen LogP contribution in [0.2, 0.25) is 0 Å². The third-order valence-corrected chi connectivity index (χ3v) is 3.88. The van der Waals surface area contributed by atoms with Gasteiger partial charge in [0, 0.05) is 12.4 Å². The third-order valence-electron chi connectivity index (χ3n) is 3.88. The number of imide groups is 1. The van der Waals surface area contributed by atoms with Crippen LogP contribution in [0.3, 0.4) is 0 Å². The van der Waals surface area contributed by atoms with Gasteiger partial charge >= 0.3 is 5.97 Å². The Kier molecular flexibility index (Phi) is 3.58. The van der Waals surface area contributed by atoms with Crippen LogP contribution in [-0.2, 0) is 4.84 Å². The van der Waals surface area contributed by atoms with E-state index in [4.69, 9.17) is 4.84 Å². The number of fused-ring (bicyclic) bond motifs is 1. The van der Waals surface area contributed by atoms with Gasteiger partial charge in [-0.15, -0.1) is 0 Å². The molecule has 1 aromatic heterocycles. The first-order valence-electron chi connectivity index (χ1n) is 7.56. The number of hydrogen-bond donors (Lipinski definition) is 0. The van der Waals surface area contributed by atoms with Crippen LogP contribution >= 0.6 is 0 Å². The van der Waals surface area contributed by atoms with Gasteiger partial charge in [0.1, 0.15) is 11.4 Å². The van der Waals surface area contributed by atoms with Crippen molar-refractivity contribution in [3.05, 3.63) is 83.4 Å². The number of amides is 2. The molecule has 0 fully saturated rings. The van der Waals surface area contributed by atoms with Gasteiger partial charge in [0.25, 0.3) is 11.8 Å². The van der Waals surface area contributed by atoms with E-state index in [9.17, 15) is 18.8 Å². The van der Waals surface area contributed by atoms with Gasteiger partial charge < -0.3 is 4.84 Å². The largest absolute Gasteiger partial charge is 0.369 e. The summed E-state index contributed by atoms with van der Waals surface area (Å²) in [5, 5.41) is 4.30. The van der Waals surface area contributed by atoms with Crippen LogP contribution in [0.1, 0.15) is 31.1 Å². The molecule has 2 aromatic carbocycles. The Morgan fingerprint density at radius 3 is 2.27 bits per heavy atom. The number of benzene rings is 2. The van der Waals surface area contributed by atoms with Gasteiger partial charge in [0.15, 0.2) is 0 Å². The van der Waals surface area contributed by atoms with Gasteiger partial charge in [-0.3, -0.25) is 9.59 Å². The Labute approximate surface area is 146 Å². The molecule has 7 nitrogen and oxygen atoms in total. The zero-order valence-corrected chi connectivity index (χ0v) is 13.1. The summed E-state index contributed by atoms with van der Waals surface area (Å²) in [5.41, 5.74) is -0.0818. The van der Waals surface area contributed by atoms with E-state index in [1.807, 2.05) is 0 Å². The van der Waals surface area contributed by atoms with Crippen LogP contribution < -0.4 is 0 Å². The third kappa shape index (κ3) is 2.35. The normalized spacial score (nSPS) is 13.0. The van der Waals surface area contributed by atoms with Crippen molar-refractivity contribution in [1.29, 1.82) is 0 Å². The van der Waals surface area contributed by atoms with Crippen molar-refractivity contribution in [3.8, 4) is 5.69 Å². The summed E-state index contributed by atoms with van der Waals surface area (Å²) in [6, 6.07) is 11.6. The van der Waals surface area contributed by atoms with Gasteiger partial charge in [-0.1, -0.05) is 23.3 Å². The summed E-state index contributed by atoms with van der Waals surface area (Å²) in [4.78, 5) is 42.0. The molecule has 4 rings (SSSR count). The molecular weight excluding hydrogens is 341 g/mol. The first-order chi connectivity index (χ1) is 12.6. The lowest BCUT2D eigenvalue weighted by Crippen LogP contribution is -2.33. The number of carbonyl (C=O) groups excluding carboxylic acids is 3. The Balaban J connectivity index is 1.69. The molecule has 128 valence electrons. The fraction of sp³-hybridized carbons (Fsp3) is 0. The Morgan fingerprint density at radius 2 is 1.65 bits per heavy atom. The summed E-state index contributed by atoms with van der Waals surface area (Å²) in [6.45, 7) is 0. The highest BCUT2D eigenvalue weighted by molar-refractivity contribution is 6.21. The van der Waals surface area contributed by atoms with Crippen molar-refractivity contribution in [1.82, 2.24) is 14.8 Å². The summed E-state index contributed by atoms with van der Waals surface area (Å²) in [7, 11) is 0. The quantitative estimate of drug-likeness (QED) is 0.677. The smallest absolute Gasteiger partial charge is 0.324 e. The minimum Gasteiger partial charge on any atom is -0.324 e. The second-order valence-electron chi connectivity index (χ2n) is 5.41. The zero-order chi connectivity index (χ0) is 18.3. The molecule has 26 heavy (non-hydrogen) atoms. The van der Waals surface area contributed by atoms with Crippen LogP contribution in [0.4, 0.5) is 4.39 Å². The predicted octanol–water partition coefficient (Wildman–Crippen LogP) is 2.38. The molecule has 0 spiro atoms. The van der Waals surface area contributed by atoms with E-state index < -0.39 is 29.2 Å². The Hall–Kier alpha value is -3.81. The van der Waals surface area contributed by atoms with Crippen molar-refractivity contribution < 1.29 is 23.6 Å². The number of rotatable bonds is 3. The van der Waals surface area contributed by atoms with Crippen molar-refractivity contribution in [2.24, 2.45) is 0 Å². The lowest BCUT2D eigenvalue weighted by molar-refractivity contribution is -0.0587. The standard InChI is InChI=1S/C18H10FN3O4/c19-13-7-3-8-14(21-10-4-9-20-21)15(13)18(25)26-22-16(23)11-5-1-2-6-12(11)17(22)24/h1-10H. The summed E-state index contributed by atoms with van der Waals surface area (Å²) >= 11 is 0. The molecule has 3 aromatic rings. The molecule has 8 heteroatoms.